The maximum Gasteiger partial charge on any atom is 0.214 e. The van der Waals surface area contributed by atoms with Crippen LogP contribution >= 0.6 is 0 Å². The van der Waals surface area contributed by atoms with Gasteiger partial charge in [0.05, 0.1) is 24.6 Å². The Balaban J connectivity index is 1.41. The van der Waals surface area contributed by atoms with Gasteiger partial charge in [-0.15, -0.1) is 5.10 Å². The fourth-order valence-electron chi connectivity index (χ4n) is 3.89. The van der Waals surface area contributed by atoms with Crippen molar-refractivity contribution < 1.29 is 14.2 Å². The van der Waals surface area contributed by atoms with Crippen LogP contribution in [0.2, 0.25) is 0 Å². The third kappa shape index (κ3) is 4.64. The second kappa shape index (κ2) is 9.43. The molecule has 2 atom stereocenters. The molecule has 0 fully saturated rings. The molecule has 0 saturated heterocycles. The van der Waals surface area contributed by atoms with E-state index in [4.69, 9.17) is 4.74 Å². The predicted octanol–water partition coefficient (Wildman–Crippen LogP) is 3.42. The summed E-state index contributed by atoms with van der Waals surface area (Å²) >= 11 is 0. The van der Waals surface area contributed by atoms with Crippen molar-refractivity contribution in [2.75, 3.05) is 0 Å². The number of nitrogens with zero attached hydrogens (tertiary/aromatic N) is 7. The molecule has 9 nitrogen and oxygen atoms in total. The molecule has 5 rings (SSSR count). The summed E-state index contributed by atoms with van der Waals surface area (Å²) in [6.07, 6.45) is 6.95. The van der Waals surface area contributed by atoms with Gasteiger partial charge < -0.3 is 9.84 Å². The number of pyridine rings is 1. The standard InChI is InChI=1S/C25H22FN7O2/c1-18(25(34,15-32-17-27-16-30-32)22-4-2-3-5-23(22)26)35-24-14-20(10-11-28-24)19-6-8-21(9-7-19)33-13-12-29-31-33/h2-14,16-18,34H,15H2,1H3/t18-,25-/m1/s1. The van der Waals surface area contributed by atoms with Crippen molar-refractivity contribution in [3.05, 3.63) is 103 Å². The fraction of sp³-hybridized carbons (Fsp3) is 0.160. The summed E-state index contributed by atoms with van der Waals surface area (Å²) in [6, 6.07) is 17.5. The first-order valence-electron chi connectivity index (χ1n) is 10.9. The number of hydrogen-bond acceptors (Lipinski definition) is 7. The van der Waals surface area contributed by atoms with Gasteiger partial charge >= 0.3 is 0 Å². The summed E-state index contributed by atoms with van der Waals surface area (Å²) in [6.45, 7) is 1.61. The average molecular weight is 471 g/mol. The van der Waals surface area contributed by atoms with Crippen LogP contribution < -0.4 is 4.74 Å². The van der Waals surface area contributed by atoms with Gasteiger partial charge in [0, 0.05) is 17.8 Å². The van der Waals surface area contributed by atoms with E-state index in [0.29, 0.717) is 5.88 Å². The van der Waals surface area contributed by atoms with Crippen LogP contribution in [-0.2, 0) is 12.1 Å². The number of benzene rings is 2. The molecule has 0 radical (unpaired) electrons. The molecule has 3 aromatic heterocycles. The van der Waals surface area contributed by atoms with Crippen molar-refractivity contribution >= 4 is 0 Å². The van der Waals surface area contributed by atoms with E-state index in [1.807, 2.05) is 30.3 Å². The average Bonchev–Trinajstić information content (AvgIpc) is 3.59. The van der Waals surface area contributed by atoms with Crippen LogP contribution in [-0.4, -0.2) is 46.0 Å². The molecule has 35 heavy (non-hydrogen) atoms. The molecule has 176 valence electrons. The van der Waals surface area contributed by atoms with Crippen LogP contribution in [0.25, 0.3) is 16.8 Å². The second-order valence-corrected chi connectivity index (χ2v) is 8.03. The minimum absolute atomic E-state index is 0.0570. The quantitative estimate of drug-likeness (QED) is 0.370. The Labute approximate surface area is 200 Å². The van der Waals surface area contributed by atoms with Gasteiger partial charge in [-0.25, -0.2) is 23.7 Å². The summed E-state index contributed by atoms with van der Waals surface area (Å²) in [7, 11) is 0. The molecule has 0 bridgehead atoms. The van der Waals surface area contributed by atoms with Gasteiger partial charge in [0.2, 0.25) is 5.88 Å². The number of hydrogen-bond donors (Lipinski definition) is 1. The van der Waals surface area contributed by atoms with E-state index in [1.165, 1.54) is 29.5 Å². The minimum atomic E-state index is -1.74. The zero-order valence-corrected chi connectivity index (χ0v) is 18.8. The zero-order chi connectivity index (χ0) is 24.3. The highest BCUT2D eigenvalue weighted by Crippen LogP contribution is 2.32. The molecule has 1 N–H and O–H groups in total. The number of rotatable bonds is 8. The Bertz CT molecular complexity index is 1390. The molecule has 5 aromatic rings. The van der Waals surface area contributed by atoms with Crippen LogP contribution in [0, 0.1) is 5.82 Å². The van der Waals surface area contributed by atoms with Crippen LogP contribution in [0.1, 0.15) is 12.5 Å². The third-order valence-corrected chi connectivity index (χ3v) is 5.80. The van der Waals surface area contributed by atoms with Crippen LogP contribution in [0.3, 0.4) is 0 Å². The molecule has 0 spiro atoms. The van der Waals surface area contributed by atoms with E-state index in [-0.39, 0.29) is 12.1 Å². The Morgan fingerprint density at radius 1 is 1.06 bits per heavy atom. The van der Waals surface area contributed by atoms with E-state index in [1.54, 1.807) is 48.4 Å². The van der Waals surface area contributed by atoms with Crippen molar-refractivity contribution in [3.63, 3.8) is 0 Å². The summed E-state index contributed by atoms with van der Waals surface area (Å²) in [5.74, 6) is -0.247. The van der Waals surface area contributed by atoms with Gasteiger partial charge in [0.15, 0.2) is 0 Å². The zero-order valence-electron chi connectivity index (χ0n) is 18.8. The lowest BCUT2D eigenvalue weighted by molar-refractivity contribution is -0.0772. The molecule has 0 aliphatic heterocycles. The fourth-order valence-corrected chi connectivity index (χ4v) is 3.89. The van der Waals surface area contributed by atoms with Crippen molar-refractivity contribution in [3.8, 4) is 22.7 Å². The van der Waals surface area contributed by atoms with Crippen molar-refractivity contribution in [1.82, 2.24) is 34.7 Å². The number of ether oxygens (including phenoxy) is 1. The van der Waals surface area contributed by atoms with Gasteiger partial charge in [0.1, 0.15) is 30.2 Å². The van der Waals surface area contributed by atoms with Gasteiger partial charge in [-0.1, -0.05) is 35.5 Å². The molecule has 0 saturated carbocycles. The molecule has 0 amide bonds. The monoisotopic (exact) mass is 471 g/mol. The second-order valence-electron chi connectivity index (χ2n) is 8.03. The summed E-state index contributed by atoms with van der Waals surface area (Å²) in [4.78, 5) is 8.22. The normalized spacial score (nSPS) is 13.8. The molecule has 0 aliphatic rings. The highest BCUT2D eigenvalue weighted by atomic mass is 19.1. The van der Waals surface area contributed by atoms with Gasteiger partial charge in [-0.05, 0) is 42.3 Å². The lowest BCUT2D eigenvalue weighted by Crippen LogP contribution is -2.45. The first kappa shape index (κ1) is 22.4. The number of aliphatic hydroxyl groups is 1. The molecular weight excluding hydrogens is 449 g/mol. The Morgan fingerprint density at radius 3 is 2.60 bits per heavy atom. The molecule has 3 heterocycles. The van der Waals surface area contributed by atoms with Crippen molar-refractivity contribution in [2.45, 2.75) is 25.2 Å². The molecule has 0 aliphatic carbocycles. The predicted molar refractivity (Wildman–Crippen MR) is 125 cm³/mol. The minimum Gasteiger partial charge on any atom is -0.471 e. The molecule has 10 heteroatoms. The number of halogens is 1. The Morgan fingerprint density at radius 2 is 1.89 bits per heavy atom. The molecule has 0 unspecified atom stereocenters. The molecule has 2 aromatic carbocycles. The largest absolute Gasteiger partial charge is 0.471 e. The Hall–Kier alpha value is -4.44. The SMILES string of the molecule is C[C@@H](Oc1cc(-c2ccc(-n3ccnn3)cc2)ccn1)[C@](O)(Cn1cncn1)c1ccccc1F. The lowest BCUT2D eigenvalue weighted by Gasteiger charge is -2.34. The van der Waals surface area contributed by atoms with Gasteiger partial charge in [-0.2, -0.15) is 5.10 Å². The van der Waals surface area contributed by atoms with Crippen LogP contribution in [0.4, 0.5) is 4.39 Å². The van der Waals surface area contributed by atoms with Crippen molar-refractivity contribution in [2.24, 2.45) is 0 Å². The number of aromatic nitrogens is 7. The highest BCUT2D eigenvalue weighted by Gasteiger charge is 2.40. The van der Waals surface area contributed by atoms with E-state index in [0.717, 1.165) is 16.8 Å². The topological polar surface area (TPSA) is 104 Å². The van der Waals surface area contributed by atoms with E-state index >= 15 is 0 Å². The maximum atomic E-state index is 14.7. The summed E-state index contributed by atoms with van der Waals surface area (Å²) < 4.78 is 23.9. The smallest absolute Gasteiger partial charge is 0.214 e. The third-order valence-electron chi connectivity index (χ3n) is 5.80. The lowest BCUT2D eigenvalue weighted by atomic mass is 9.88. The van der Waals surface area contributed by atoms with E-state index in [2.05, 4.69) is 25.4 Å². The Kier molecular flexibility index (Phi) is 6.02. The maximum absolute atomic E-state index is 14.7. The first-order chi connectivity index (χ1) is 17.0. The van der Waals surface area contributed by atoms with E-state index in [9.17, 15) is 9.50 Å². The molecular formula is C25H22FN7O2. The summed E-state index contributed by atoms with van der Waals surface area (Å²) in [5, 5.41) is 23.6. The van der Waals surface area contributed by atoms with Gasteiger partial charge in [0.25, 0.3) is 0 Å². The van der Waals surface area contributed by atoms with E-state index < -0.39 is 17.5 Å². The highest BCUT2D eigenvalue weighted by molar-refractivity contribution is 5.65. The van der Waals surface area contributed by atoms with Gasteiger partial charge in [-0.3, -0.25) is 0 Å². The van der Waals surface area contributed by atoms with Crippen molar-refractivity contribution in [1.29, 1.82) is 0 Å². The van der Waals surface area contributed by atoms with Crippen LogP contribution in [0.15, 0.2) is 91.9 Å². The first-order valence-corrected chi connectivity index (χ1v) is 10.9. The van der Waals surface area contributed by atoms with Crippen LogP contribution in [0.5, 0.6) is 5.88 Å². The summed E-state index contributed by atoms with van der Waals surface area (Å²) in [5.41, 5.74) is 1.06.